The summed E-state index contributed by atoms with van der Waals surface area (Å²) in [5.41, 5.74) is 0.275. The van der Waals surface area contributed by atoms with Gasteiger partial charge in [-0.2, -0.15) is 0 Å². The summed E-state index contributed by atoms with van der Waals surface area (Å²) in [7, 11) is 0. The van der Waals surface area contributed by atoms with Crippen molar-refractivity contribution in [3.63, 3.8) is 0 Å². The number of hydrogen-bond acceptors (Lipinski definition) is 4. The Morgan fingerprint density at radius 1 is 1.50 bits per heavy atom. The Bertz CT molecular complexity index is 384. The molecule has 0 aliphatic carbocycles. The number of aliphatic hydroxyl groups excluding tert-OH is 1. The number of carboxylic acids is 1. The summed E-state index contributed by atoms with van der Waals surface area (Å²) in [6.07, 6.45) is 2.98. The second-order valence-electron chi connectivity index (χ2n) is 5.20. The molecule has 0 amide bonds. The van der Waals surface area contributed by atoms with E-state index in [2.05, 4.69) is 19.2 Å². The van der Waals surface area contributed by atoms with Crippen LogP contribution in [0, 0.1) is 5.41 Å². The molecule has 1 heterocycles. The van der Waals surface area contributed by atoms with E-state index < -0.39 is 5.97 Å². The summed E-state index contributed by atoms with van der Waals surface area (Å²) in [6.45, 7) is 5.76. The fourth-order valence-corrected chi connectivity index (χ4v) is 1.76. The molecule has 0 aliphatic rings. The molecule has 5 nitrogen and oxygen atoms in total. The van der Waals surface area contributed by atoms with Gasteiger partial charge in [0.1, 0.15) is 12.0 Å². The first-order chi connectivity index (χ1) is 8.44. The van der Waals surface area contributed by atoms with Crippen LogP contribution in [-0.4, -0.2) is 29.3 Å². The topological polar surface area (TPSA) is 82.7 Å². The maximum Gasteiger partial charge on any atom is 0.338 e. The van der Waals surface area contributed by atoms with E-state index in [4.69, 9.17) is 14.6 Å². The predicted octanol–water partition coefficient (Wildman–Crippen LogP) is 1.87. The van der Waals surface area contributed by atoms with Gasteiger partial charge in [0.15, 0.2) is 0 Å². The first-order valence-corrected chi connectivity index (χ1v) is 6.07. The average Bonchev–Trinajstić information content (AvgIpc) is 2.75. The molecule has 1 aromatic heterocycles. The molecule has 18 heavy (non-hydrogen) atoms. The lowest BCUT2D eigenvalue weighted by atomic mass is 9.88. The molecule has 0 saturated carbocycles. The molecular formula is C13H21NO4. The number of aromatic carboxylic acids is 1. The molecule has 0 aromatic carbocycles. The van der Waals surface area contributed by atoms with Crippen molar-refractivity contribution in [3.05, 3.63) is 23.7 Å². The summed E-state index contributed by atoms with van der Waals surface area (Å²) in [5.74, 6) is -0.362. The van der Waals surface area contributed by atoms with E-state index in [-0.39, 0.29) is 17.6 Å². The van der Waals surface area contributed by atoms with Gasteiger partial charge in [-0.25, -0.2) is 4.79 Å². The van der Waals surface area contributed by atoms with Crippen LogP contribution in [0.1, 0.15) is 42.8 Å². The fourth-order valence-electron chi connectivity index (χ4n) is 1.76. The predicted molar refractivity (Wildman–Crippen MR) is 67.5 cm³/mol. The highest BCUT2D eigenvalue weighted by Gasteiger charge is 2.17. The van der Waals surface area contributed by atoms with Crippen LogP contribution in [0.3, 0.4) is 0 Å². The van der Waals surface area contributed by atoms with Crippen LogP contribution < -0.4 is 5.32 Å². The van der Waals surface area contributed by atoms with Crippen molar-refractivity contribution in [1.29, 1.82) is 0 Å². The Labute approximate surface area is 107 Å². The van der Waals surface area contributed by atoms with E-state index in [1.165, 1.54) is 12.3 Å². The van der Waals surface area contributed by atoms with Gasteiger partial charge in [-0.15, -0.1) is 0 Å². The highest BCUT2D eigenvalue weighted by atomic mass is 16.4. The van der Waals surface area contributed by atoms with E-state index in [9.17, 15) is 4.79 Å². The summed E-state index contributed by atoms with van der Waals surface area (Å²) in [5, 5.41) is 20.8. The SMILES string of the molecule is CC(C)(CCCO)CNCc1cc(C(=O)O)co1. The Morgan fingerprint density at radius 3 is 2.78 bits per heavy atom. The lowest BCUT2D eigenvalue weighted by Crippen LogP contribution is -2.29. The minimum Gasteiger partial charge on any atom is -0.478 e. The van der Waals surface area contributed by atoms with Gasteiger partial charge in [-0.05, 0) is 24.3 Å². The van der Waals surface area contributed by atoms with Gasteiger partial charge in [0, 0.05) is 13.2 Å². The number of carboxylic acid groups (broad SMARTS) is 1. The number of nitrogens with one attached hydrogen (secondary N) is 1. The summed E-state index contributed by atoms with van der Waals surface area (Å²) in [4.78, 5) is 10.7. The number of rotatable bonds is 8. The van der Waals surface area contributed by atoms with Crippen molar-refractivity contribution in [1.82, 2.24) is 5.32 Å². The van der Waals surface area contributed by atoms with Crippen molar-refractivity contribution in [2.75, 3.05) is 13.2 Å². The molecule has 0 atom stereocenters. The number of furan rings is 1. The molecule has 0 bridgehead atoms. The standard InChI is InChI=1S/C13H21NO4/c1-13(2,4-3-5-15)9-14-7-11-6-10(8-18-11)12(16)17/h6,8,14-15H,3-5,7,9H2,1-2H3,(H,16,17). The lowest BCUT2D eigenvalue weighted by Gasteiger charge is -2.24. The van der Waals surface area contributed by atoms with Gasteiger partial charge in [0.2, 0.25) is 0 Å². The van der Waals surface area contributed by atoms with Gasteiger partial charge in [0.25, 0.3) is 0 Å². The zero-order valence-corrected chi connectivity index (χ0v) is 10.9. The third-order valence-electron chi connectivity index (χ3n) is 2.82. The Kier molecular flexibility index (Phi) is 5.37. The number of aliphatic hydroxyl groups is 1. The molecule has 0 saturated heterocycles. The monoisotopic (exact) mass is 255 g/mol. The Morgan fingerprint density at radius 2 is 2.22 bits per heavy atom. The van der Waals surface area contributed by atoms with Crippen LogP contribution >= 0.6 is 0 Å². The zero-order chi connectivity index (χ0) is 13.6. The second-order valence-corrected chi connectivity index (χ2v) is 5.20. The normalized spacial score (nSPS) is 11.7. The van der Waals surface area contributed by atoms with E-state index in [1.807, 2.05) is 0 Å². The Balaban J connectivity index is 2.34. The molecule has 0 unspecified atom stereocenters. The van der Waals surface area contributed by atoms with Gasteiger partial charge < -0.3 is 19.9 Å². The minimum atomic E-state index is -0.978. The van der Waals surface area contributed by atoms with Crippen LogP contribution in [-0.2, 0) is 6.54 Å². The van der Waals surface area contributed by atoms with Gasteiger partial charge in [-0.3, -0.25) is 0 Å². The molecule has 102 valence electrons. The van der Waals surface area contributed by atoms with E-state index in [1.54, 1.807) is 0 Å². The average molecular weight is 255 g/mol. The van der Waals surface area contributed by atoms with E-state index >= 15 is 0 Å². The maximum atomic E-state index is 10.7. The molecule has 0 spiro atoms. The number of hydrogen-bond donors (Lipinski definition) is 3. The van der Waals surface area contributed by atoms with Crippen molar-refractivity contribution < 1.29 is 19.4 Å². The van der Waals surface area contributed by atoms with Gasteiger partial charge >= 0.3 is 5.97 Å². The highest BCUT2D eigenvalue weighted by molar-refractivity contribution is 5.87. The molecule has 0 aliphatic heterocycles. The summed E-state index contributed by atoms with van der Waals surface area (Å²) < 4.78 is 5.14. The maximum absolute atomic E-state index is 10.7. The van der Waals surface area contributed by atoms with Crippen LogP contribution in [0.5, 0.6) is 0 Å². The number of carbonyl (C=O) groups is 1. The molecule has 1 rings (SSSR count). The smallest absolute Gasteiger partial charge is 0.338 e. The molecule has 0 radical (unpaired) electrons. The second kappa shape index (κ2) is 6.56. The molecule has 0 fully saturated rings. The first kappa shape index (κ1) is 14.7. The first-order valence-electron chi connectivity index (χ1n) is 6.07. The van der Waals surface area contributed by atoms with Crippen LogP contribution in [0.25, 0.3) is 0 Å². The Hall–Kier alpha value is -1.33. The third kappa shape index (κ3) is 4.89. The van der Waals surface area contributed by atoms with E-state index in [0.29, 0.717) is 12.3 Å². The van der Waals surface area contributed by atoms with Crippen molar-refractivity contribution in [2.24, 2.45) is 5.41 Å². The molecule has 1 aromatic rings. The van der Waals surface area contributed by atoms with E-state index in [0.717, 1.165) is 19.4 Å². The lowest BCUT2D eigenvalue weighted by molar-refractivity contribution is 0.0696. The van der Waals surface area contributed by atoms with Gasteiger partial charge in [-0.1, -0.05) is 13.8 Å². The quantitative estimate of drug-likeness (QED) is 0.660. The summed E-state index contributed by atoms with van der Waals surface area (Å²) >= 11 is 0. The fraction of sp³-hybridized carbons (Fsp3) is 0.615. The van der Waals surface area contributed by atoms with Crippen LogP contribution in [0.15, 0.2) is 16.7 Å². The third-order valence-corrected chi connectivity index (χ3v) is 2.82. The van der Waals surface area contributed by atoms with Gasteiger partial charge in [0.05, 0.1) is 12.1 Å². The van der Waals surface area contributed by atoms with Crippen molar-refractivity contribution in [3.8, 4) is 0 Å². The molecular weight excluding hydrogens is 234 g/mol. The highest BCUT2D eigenvalue weighted by Crippen LogP contribution is 2.21. The van der Waals surface area contributed by atoms with Crippen LogP contribution in [0.2, 0.25) is 0 Å². The van der Waals surface area contributed by atoms with Crippen molar-refractivity contribution in [2.45, 2.75) is 33.2 Å². The van der Waals surface area contributed by atoms with Crippen molar-refractivity contribution >= 4 is 5.97 Å². The van der Waals surface area contributed by atoms with Crippen LogP contribution in [0.4, 0.5) is 0 Å². The summed E-state index contributed by atoms with van der Waals surface area (Å²) in [6, 6.07) is 1.52. The zero-order valence-electron chi connectivity index (χ0n) is 10.9. The molecule has 5 heteroatoms. The minimum absolute atomic E-state index is 0.102. The molecule has 3 N–H and O–H groups in total. The largest absolute Gasteiger partial charge is 0.478 e.